The Bertz CT molecular complexity index is 871. The largest absolute Gasteiger partial charge is 0.465 e. The molecule has 0 aromatic heterocycles. The summed E-state index contributed by atoms with van der Waals surface area (Å²) in [7, 11) is 0. The van der Waals surface area contributed by atoms with Crippen LogP contribution >= 0.6 is 0 Å². The highest BCUT2D eigenvalue weighted by Crippen LogP contribution is 2.52. The lowest BCUT2D eigenvalue weighted by Crippen LogP contribution is -2.56. The van der Waals surface area contributed by atoms with E-state index in [0.29, 0.717) is 39.3 Å². The Morgan fingerprint density at radius 1 is 1.03 bits per heavy atom. The number of carbonyl (C=O) groups excluding carboxylic acids is 3. The van der Waals surface area contributed by atoms with E-state index >= 15 is 0 Å². The molecule has 0 aromatic carbocycles. The molecule has 3 saturated heterocycles. The van der Waals surface area contributed by atoms with E-state index in [9.17, 15) is 19.5 Å². The van der Waals surface area contributed by atoms with Crippen molar-refractivity contribution in [1.29, 1.82) is 0 Å². The summed E-state index contributed by atoms with van der Waals surface area (Å²) in [6.07, 6.45) is 8.29. The van der Waals surface area contributed by atoms with Gasteiger partial charge in [0, 0.05) is 39.3 Å². The van der Waals surface area contributed by atoms with Gasteiger partial charge in [-0.1, -0.05) is 24.3 Å². The summed E-state index contributed by atoms with van der Waals surface area (Å²) >= 11 is 0. The summed E-state index contributed by atoms with van der Waals surface area (Å²) in [5.74, 6) is -2.73. The standard InChI is InChI=1S/C24H33N3O7/c28-13-10-27-20-22(30)26(9-8-25-11-15-32-16-12-25)7-4-6-24(20)19(21(27)29)18-17(34-24)5-2-1-3-14-33-23(18)31/h2,4-6,17-20,28H,1,3,7-16H2/b5-2-/t17-,18+,19+,20?,24+/m1/s1. The average molecular weight is 476 g/mol. The summed E-state index contributed by atoms with van der Waals surface area (Å²) in [5.41, 5.74) is -1.27. The van der Waals surface area contributed by atoms with Gasteiger partial charge in [-0.05, 0) is 12.8 Å². The first-order valence-electron chi connectivity index (χ1n) is 12.3. The number of β-amino-alcohol motifs (C(OH)–C–C–N with tert-alkyl or cyclic N) is 1. The number of esters is 1. The van der Waals surface area contributed by atoms with Crippen molar-refractivity contribution in [1.82, 2.24) is 14.7 Å². The van der Waals surface area contributed by atoms with E-state index in [-0.39, 0.29) is 31.6 Å². The maximum atomic E-state index is 13.9. The van der Waals surface area contributed by atoms with E-state index < -0.39 is 35.6 Å². The molecular formula is C24H33N3O7. The van der Waals surface area contributed by atoms with E-state index in [1.807, 2.05) is 24.3 Å². The monoisotopic (exact) mass is 475 g/mol. The van der Waals surface area contributed by atoms with Crippen LogP contribution in [0, 0.1) is 11.8 Å². The summed E-state index contributed by atoms with van der Waals surface area (Å²) < 4.78 is 17.4. The van der Waals surface area contributed by atoms with Crippen molar-refractivity contribution >= 4 is 17.8 Å². The second-order valence-corrected chi connectivity index (χ2v) is 9.48. The van der Waals surface area contributed by atoms with Gasteiger partial charge in [0.05, 0.1) is 38.4 Å². The van der Waals surface area contributed by atoms with Crippen molar-refractivity contribution < 1.29 is 33.7 Å². The fourth-order valence-corrected chi connectivity index (χ4v) is 5.94. The highest BCUT2D eigenvalue weighted by atomic mass is 16.6. The Labute approximate surface area is 199 Å². The molecule has 0 aliphatic carbocycles. The Morgan fingerprint density at radius 3 is 2.65 bits per heavy atom. The molecule has 2 amide bonds. The molecule has 10 nitrogen and oxygen atoms in total. The number of nitrogens with zero attached hydrogens (tertiary/aromatic N) is 3. The van der Waals surface area contributed by atoms with Gasteiger partial charge in [0.1, 0.15) is 17.6 Å². The molecule has 10 heteroatoms. The maximum absolute atomic E-state index is 13.9. The summed E-state index contributed by atoms with van der Waals surface area (Å²) in [4.78, 5) is 46.0. The number of likely N-dealkylation sites (tertiary alicyclic amines) is 1. The zero-order valence-electron chi connectivity index (χ0n) is 19.3. The van der Waals surface area contributed by atoms with Crippen molar-refractivity contribution in [3.05, 3.63) is 24.3 Å². The molecule has 1 spiro atoms. The summed E-state index contributed by atoms with van der Waals surface area (Å²) in [6, 6.07) is -0.933. The molecule has 0 radical (unpaired) electrons. The number of hydrogen-bond donors (Lipinski definition) is 1. The number of amides is 2. The minimum absolute atomic E-state index is 0.00423. The number of allylic oxidation sites excluding steroid dienone is 1. The first-order valence-corrected chi connectivity index (χ1v) is 12.3. The number of carbonyl (C=O) groups is 3. The molecule has 34 heavy (non-hydrogen) atoms. The molecule has 0 saturated carbocycles. The molecule has 5 rings (SSSR count). The van der Waals surface area contributed by atoms with Gasteiger partial charge in [0.25, 0.3) is 0 Å². The van der Waals surface area contributed by atoms with Gasteiger partial charge in [0.2, 0.25) is 11.8 Å². The van der Waals surface area contributed by atoms with Gasteiger partial charge >= 0.3 is 5.97 Å². The smallest absolute Gasteiger partial charge is 0.312 e. The van der Waals surface area contributed by atoms with E-state index in [4.69, 9.17) is 14.2 Å². The second-order valence-electron chi connectivity index (χ2n) is 9.48. The van der Waals surface area contributed by atoms with Gasteiger partial charge in [-0.2, -0.15) is 0 Å². The molecule has 0 bridgehead atoms. The number of fused-ring (bicyclic) bond motifs is 2. The normalized spacial score (nSPS) is 37.3. The lowest BCUT2D eigenvalue weighted by atomic mass is 9.78. The molecule has 5 atom stereocenters. The first kappa shape index (κ1) is 23.5. The number of ether oxygens (including phenoxy) is 3. The van der Waals surface area contributed by atoms with Crippen molar-refractivity contribution in [3.8, 4) is 0 Å². The number of aliphatic hydroxyl groups is 1. The van der Waals surface area contributed by atoms with E-state index in [1.165, 1.54) is 4.90 Å². The van der Waals surface area contributed by atoms with Crippen LogP contribution in [0.2, 0.25) is 0 Å². The second kappa shape index (κ2) is 9.77. The third kappa shape index (κ3) is 3.96. The van der Waals surface area contributed by atoms with Crippen LogP contribution in [0.15, 0.2) is 24.3 Å². The molecule has 186 valence electrons. The van der Waals surface area contributed by atoms with Gasteiger partial charge in [-0.15, -0.1) is 0 Å². The van der Waals surface area contributed by atoms with Crippen molar-refractivity contribution in [2.75, 3.05) is 65.7 Å². The molecule has 1 unspecified atom stereocenters. The quantitative estimate of drug-likeness (QED) is 0.406. The lowest BCUT2D eigenvalue weighted by molar-refractivity contribution is -0.155. The Hall–Kier alpha value is -2.27. The van der Waals surface area contributed by atoms with Crippen LogP contribution in [0.3, 0.4) is 0 Å². The molecular weight excluding hydrogens is 442 g/mol. The molecule has 0 aromatic rings. The van der Waals surface area contributed by atoms with Crippen LogP contribution in [-0.2, 0) is 28.6 Å². The third-order valence-electron chi connectivity index (χ3n) is 7.57. The number of morpholine rings is 1. The van der Waals surface area contributed by atoms with Crippen LogP contribution < -0.4 is 0 Å². The van der Waals surface area contributed by atoms with Gasteiger partial charge in [0.15, 0.2) is 0 Å². The van der Waals surface area contributed by atoms with Crippen LogP contribution in [0.4, 0.5) is 0 Å². The van der Waals surface area contributed by atoms with Crippen LogP contribution in [-0.4, -0.2) is 121 Å². The average Bonchev–Trinajstić information content (AvgIpc) is 3.24. The van der Waals surface area contributed by atoms with Crippen molar-refractivity contribution in [2.24, 2.45) is 11.8 Å². The fraction of sp³-hybridized carbons (Fsp3) is 0.708. The van der Waals surface area contributed by atoms with Crippen LogP contribution in [0.25, 0.3) is 0 Å². The van der Waals surface area contributed by atoms with Crippen molar-refractivity contribution in [2.45, 2.75) is 30.6 Å². The predicted octanol–water partition coefficient (Wildman–Crippen LogP) is -0.817. The van der Waals surface area contributed by atoms with E-state index in [1.54, 1.807) is 4.90 Å². The highest BCUT2D eigenvalue weighted by Gasteiger charge is 2.71. The Morgan fingerprint density at radius 2 is 1.85 bits per heavy atom. The first-order chi connectivity index (χ1) is 16.6. The van der Waals surface area contributed by atoms with Gasteiger partial charge < -0.3 is 29.1 Å². The minimum atomic E-state index is -1.27. The van der Waals surface area contributed by atoms with Crippen molar-refractivity contribution in [3.63, 3.8) is 0 Å². The fourth-order valence-electron chi connectivity index (χ4n) is 5.94. The summed E-state index contributed by atoms with van der Waals surface area (Å²) in [5, 5.41) is 9.70. The number of aliphatic hydroxyl groups excluding tert-OH is 1. The third-order valence-corrected chi connectivity index (χ3v) is 7.57. The topological polar surface area (TPSA) is 109 Å². The molecule has 5 aliphatic heterocycles. The maximum Gasteiger partial charge on any atom is 0.312 e. The Kier molecular flexibility index (Phi) is 6.74. The van der Waals surface area contributed by atoms with Gasteiger partial charge in [-0.25, -0.2) is 0 Å². The molecule has 5 heterocycles. The predicted molar refractivity (Wildman–Crippen MR) is 119 cm³/mol. The highest BCUT2D eigenvalue weighted by molar-refractivity contribution is 5.99. The molecule has 3 fully saturated rings. The number of rotatable bonds is 5. The molecule has 5 aliphatic rings. The zero-order chi connectivity index (χ0) is 23.7. The van der Waals surface area contributed by atoms with E-state index in [0.717, 1.165) is 19.5 Å². The number of cyclic esters (lactones) is 1. The SMILES string of the molecule is O=C1OCCC/C=C\[C@H]2O[C@]34C=CCN(CCN5CCOCC5)C(=O)C3N(CCO)C(=O)[C@@H]4[C@@H]12. The van der Waals surface area contributed by atoms with E-state index in [2.05, 4.69) is 4.90 Å². The minimum Gasteiger partial charge on any atom is -0.465 e. The van der Waals surface area contributed by atoms with Crippen LogP contribution in [0.5, 0.6) is 0 Å². The number of hydrogen-bond acceptors (Lipinski definition) is 8. The zero-order valence-corrected chi connectivity index (χ0v) is 19.3. The van der Waals surface area contributed by atoms with Crippen LogP contribution in [0.1, 0.15) is 12.8 Å². The van der Waals surface area contributed by atoms with Gasteiger partial charge in [-0.3, -0.25) is 19.3 Å². The Balaban J connectivity index is 1.46. The lowest BCUT2D eigenvalue weighted by Gasteiger charge is -2.36. The summed E-state index contributed by atoms with van der Waals surface area (Å²) in [6.45, 7) is 4.63. The molecule has 1 N–H and O–H groups in total.